The van der Waals surface area contributed by atoms with Gasteiger partial charge in [-0.1, -0.05) is 61.5 Å². The van der Waals surface area contributed by atoms with Gasteiger partial charge in [0.1, 0.15) is 12.0 Å². The number of carbonyl (C=O) groups is 1. The van der Waals surface area contributed by atoms with Crippen LogP contribution in [-0.4, -0.2) is 21.3 Å². The van der Waals surface area contributed by atoms with Gasteiger partial charge in [-0.15, -0.1) is 5.10 Å². The average molecular weight is 279 g/mol. The molecule has 0 spiro atoms. The summed E-state index contributed by atoms with van der Waals surface area (Å²) in [5.74, 6) is 0. The number of benzene rings is 2. The summed E-state index contributed by atoms with van der Waals surface area (Å²) in [6.45, 7) is 4.00. The highest BCUT2D eigenvalue weighted by molar-refractivity contribution is 5.76. The Bertz CT molecular complexity index is 688. The second-order valence-corrected chi connectivity index (χ2v) is 4.12. The maximum Gasteiger partial charge on any atom is 0.150 e. The van der Waals surface area contributed by atoms with Crippen molar-refractivity contribution in [3.8, 4) is 16.9 Å². The minimum atomic E-state index is 0.652. The van der Waals surface area contributed by atoms with Crippen molar-refractivity contribution < 1.29 is 4.79 Å². The van der Waals surface area contributed by atoms with Crippen LogP contribution in [0.4, 0.5) is 0 Å². The average Bonchev–Trinajstić information content (AvgIpc) is 3.08. The van der Waals surface area contributed by atoms with Crippen LogP contribution in [0.1, 0.15) is 24.2 Å². The lowest BCUT2D eigenvalue weighted by atomic mass is 10.1. The first-order chi connectivity index (χ1) is 10.4. The molecule has 2 aromatic carbocycles. The summed E-state index contributed by atoms with van der Waals surface area (Å²) in [5, 5.41) is 8.25. The summed E-state index contributed by atoms with van der Waals surface area (Å²) < 4.78 is 1.73. The van der Waals surface area contributed by atoms with Crippen molar-refractivity contribution in [3.63, 3.8) is 0 Å². The van der Waals surface area contributed by atoms with E-state index >= 15 is 0 Å². The highest BCUT2D eigenvalue weighted by Crippen LogP contribution is 2.17. The van der Waals surface area contributed by atoms with Crippen LogP contribution < -0.4 is 0 Å². The summed E-state index contributed by atoms with van der Waals surface area (Å²) in [7, 11) is 0. The smallest absolute Gasteiger partial charge is 0.150 e. The second kappa shape index (κ2) is 7.14. The van der Waals surface area contributed by atoms with Crippen LogP contribution in [0.25, 0.3) is 16.9 Å². The van der Waals surface area contributed by atoms with Gasteiger partial charge in [-0.05, 0) is 12.1 Å². The molecule has 0 aliphatic heterocycles. The van der Waals surface area contributed by atoms with Gasteiger partial charge in [0, 0.05) is 11.1 Å². The Morgan fingerprint density at radius 2 is 1.62 bits per heavy atom. The molecule has 1 heterocycles. The van der Waals surface area contributed by atoms with Gasteiger partial charge in [-0.25, -0.2) is 4.68 Å². The molecule has 0 saturated carbocycles. The molecule has 0 atom stereocenters. The predicted molar refractivity (Wildman–Crippen MR) is 83.5 cm³/mol. The van der Waals surface area contributed by atoms with Crippen molar-refractivity contribution in [2.45, 2.75) is 13.8 Å². The number of rotatable bonds is 3. The third kappa shape index (κ3) is 3.42. The molecule has 0 amide bonds. The molecule has 4 heteroatoms. The zero-order valence-electron chi connectivity index (χ0n) is 12.1. The number of hydrogen-bond donors (Lipinski definition) is 0. The maximum absolute atomic E-state index is 10.6. The number of aromatic nitrogens is 3. The topological polar surface area (TPSA) is 47.8 Å². The maximum atomic E-state index is 10.6. The summed E-state index contributed by atoms with van der Waals surface area (Å²) in [6, 6.07) is 17.1. The summed E-state index contributed by atoms with van der Waals surface area (Å²) >= 11 is 0. The molecule has 0 saturated heterocycles. The van der Waals surface area contributed by atoms with Gasteiger partial charge < -0.3 is 0 Å². The monoisotopic (exact) mass is 279 g/mol. The van der Waals surface area contributed by atoms with Gasteiger partial charge in [0.15, 0.2) is 0 Å². The van der Waals surface area contributed by atoms with Crippen LogP contribution in [0.2, 0.25) is 0 Å². The fraction of sp³-hybridized carbons (Fsp3) is 0.118. The van der Waals surface area contributed by atoms with E-state index in [9.17, 15) is 4.79 Å². The Morgan fingerprint density at radius 1 is 0.952 bits per heavy atom. The van der Waals surface area contributed by atoms with Crippen LogP contribution in [-0.2, 0) is 0 Å². The first-order valence-electron chi connectivity index (χ1n) is 6.90. The zero-order valence-corrected chi connectivity index (χ0v) is 12.1. The van der Waals surface area contributed by atoms with E-state index in [-0.39, 0.29) is 0 Å². The number of nitrogens with zero attached hydrogens (tertiary/aromatic N) is 3. The number of hydrogen-bond acceptors (Lipinski definition) is 3. The van der Waals surface area contributed by atoms with E-state index in [2.05, 4.69) is 10.3 Å². The number of aldehydes is 1. The Morgan fingerprint density at radius 3 is 2.24 bits per heavy atom. The minimum absolute atomic E-state index is 0.652. The first kappa shape index (κ1) is 14.7. The number of para-hydroxylation sites is 1. The molecule has 0 radical (unpaired) electrons. The van der Waals surface area contributed by atoms with E-state index in [1.54, 1.807) is 16.8 Å². The van der Waals surface area contributed by atoms with Gasteiger partial charge in [-0.3, -0.25) is 4.79 Å². The molecule has 21 heavy (non-hydrogen) atoms. The molecule has 1 aromatic heterocycles. The summed E-state index contributed by atoms with van der Waals surface area (Å²) in [5.41, 5.74) is 3.33. The predicted octanol–water partition coefficient (Wildman–Crippen LogP) is 3.77. The van der Waals surface area contributed by atoms with Crippen LogP contribution in [0.15, 0.2) is 60.8 Å². The fourth-order valence-corrected chi connectivity index (χ4v) is 1.84. The molecule has 0 fully saturated rings. The van der Waals surface area contributed by atoms with Crippen LogP contribution in [0, 0.1) is 0 Å². The molecule has 0 aliphatic rings. The molecule has 3 aromatic rings. The minimum Gasteiger partial charge on any atom is -0.298 e. The quantitative estimate of drug-likeness (QED) is 0.686. The highest BCUT2D eigenvalue weighted by Gasteiger charge is 2.04. The largest absolute Gasteiger partial charge is 0.298 e. The molecular weight excluding hydrogens is 262 g/mol. The SMILES string of the molecule is CC.O=Cc1ccc(-c2cn(-c3ccccc3)nn2)cc1. The molecule has 106 valence electrons. The summed E-state index contributed by atoms with van der Waals surface area (Å²) in [6.07, 6.45) is 2.69. The lowest BCUT2D eigenvalue weighted by Crippen LogP contribution is -1.93. The molecule has 0 unspecified atom stereocenters. The van der Waals surface area contributed by atoms with E-state index in [1.807, 2.05) is 62.5 Å². The Kier molecular flexibility index (Phi) is 4.99. The Balaban J connectivity index is 0.000000774. The third-order valence-electron chi connectivity index (χ3n) is 2.86. The first-order valence-corrected chi connectivity index (χ1v) is 6.90. The van der Waals surface area contributed by atoms with Crippen LogP contribution in [0.3, 0.4) is 0 Å². The second-order valence-electron chi connectivity index (χ2n) is 4.12. The molecule has 0 aliphatic carbocycles. The number of carbonyl (C=O) groups excluding carboxylic acids is 1. The normalized spacial score (nSPS) is 9.62. The molecule has 4 nitrogen and oxygen atoms in total. The Labute approximate surface area is 124 Å². The fourth-order valence-electron chi connectivity index (χ4n) is 1.84. The lowest BCUT2D eigenvalue weighted by Gasteiger charge is -1.98. The van der Waals surface area contributed by atoms with E-state index in [0.717, 1.165) is 23.2 Å². The molecular formula is C17H17N3O. The standard InChI is InChI=1S/C15H11N3O.C2H6/c19-11-12-6-8-13(9-7-12)15-10-18(17-16-15)14-4-2-1-3-5-14;1-2/h1-11H;1-2H3. The van der Waals surface area contributed by atoms with Gasteiger partial charge in [0.25, 0.3) is 0 Å². The van der Waals surface area contributed by atoms with Crippen LogP contribution >= 0.6 is 0 Å². The lowest BCUT2D eigenvalue weighted by molar-refractivity contribution is 0.112. The summed E-state index contributed by atoms with van der Waals surface area (Å²) in [4.78, 5) is 10.6. The van der Waals surface area contributed by atoms with E-state index in [1.165, 1.54) is 0 Å². The van der Waals surface area contributed by atoms with Crippen molar-refractivity contribution in [3.05, 3.63) is 66.4 Å². The van der Waals surface area contributed by atoms with E-state index in [4.69, 9.17) is 0 Å². The molecule has 3 rings (SSSR count). The molecule has 0 bridgehead atoms. The zero-order chi connectivity index (χ0) is 15.1. The third-order valence-corrected chi connectivity index (χ3v) is 2.86. The Hall–Kier alpha value is -2.75. The molecule has 0 N–H and O–H groups in total. The van der Waals surface area contributed by atoms with Crippen LogP contribution in [0.5, 0.6) is 0 Å². The van der Waals surface area contributed by atoms with Gasteiger partial charge in [0.2, 0.25) is 0 Å². The van der Waals surface area contributed by atoms with Crippen molar-refractivity contribution in [2.24, 2.45) is 0 Å². The van der Waals surface area contributed by atoms with E-state index in [0.29, 0.717) is 5.56 Å². The van der Waals surface area contributed by atoms with Gasteiger partial charge in [-0.2, -0.15) is 0 Å². The van der Waals surface area contributed by atoms with Crippen molar-refractivity contribution >= 4 is 6.29 Å². The van der Waals surface area contributed by atoms with E-state index < -0.39 is 0 Å². The van der Waals surface area contributed by atoms with Crippen molar-refractivity contribution in [1.82, 2.24) is 15.0 Å². The van der Waals surface area contributed by atoms with Crippen molar-refractivity contribution in [1.29, 1.82) is 0 Å². The highest BCUT2D eigenvalue weighted by atomic mass is 16.1. The van der Waals surface area contributed by atoms with Gasteiger partial charge >= 0.3 is 0 Å². The van der Waals surface area contributed by atoms with Gasteiger partial charge in [0.05, 0.1) is 11.9 Å². The van der Waals surface area contributed by atoms with Crippen molar-refractivity contribution in [2.75, 3.05) is 0 Å².